The number of aryl methyl sites for hydroxylation is 2. The summed E-state index contributed by atoms with van der Waals surface area (Å²) in [7, 11) is 0. The Morgan fingerprint density at radius 2 is 1.90 bits per heavy atom. The van der Waals surface area contributed by atoms with Crippen molar-refractivity contribution in [2.75, 3.05) is 10.7 Å². The predicted molar refractivity (Wildman–Crippen MR) is 127 cm³/mol. The lowest BCUT2D eigenvalue weighted by Gasteiger charge is -2.21. The normalized spacial score (nSPS) is 11.0. The van der Waals surface area contributed by atoms with Crippen LogP contribution >= 0.6 is 23.1 Å². The van der Waals surface area contributed by atoms with Gasteiger partial charge in [0, 0.05) is 11.1 Å². The summed E-state index contributed by atoms with van der Waals surface area (Å²) in [5.74, 6) is 0.857. The largest absolute Gasteiger partial charge is 0.278 e. The van der Waals surface area contributed by atoms with Gasteiger partial charge >= 0.3 is 0 Å². The molecule has 4 nitrogen and oxygen atoms in total. The molecule has 0 spiro atoms. The molecule has 0 bridgehead atoms. The number of hydrogen-bond donors (Lipinski definition) is 0. The molecule has 0 atom stereocenters. The Morgan fingerprint density at radius 3 is 2.67 bits per heavy atom. The summed E-state index contributed by atoms with van der Waals surface area (Å²) < 4.78 is 1.12. The number of anilines is 1. The van der Waals surface area contributed by atoms with Crippen LogP contribution in [0.15, 0.2) is 65.7 Å². The number of hydrogen-bond acceptors (Lipinski definition) is 5. The van der Waals surface area contributed by atoms with Gasteiger partial charge in [-0.3, -0.25) is 14.7 Å². The summed E-state index contributed by atoms with van der Waals surface area (Å²) in [6.07, 6.45) is 1.75. The fraction of sp³-hybridized carbons (Fsp3) is 0.208. The summed E-state index contributed by atoms with van der Waals surface area (Å²) in [5, 5.41) is 0.700. The van der Waals surface area contributed by atoms with Gasteiger partial charge in [-0.1, -0.05) is 42.5 Å². The molecule has 4 rings (SSSR count). The van der Waals surface area contributed by atoms with Crippen LogP contribution in [0, 0.1) is 13.8 Å². The average Bonchev–Trinajstić information content (AvgIpc) is 3.17. The van der Waals surface area contributed by atoms with Gasteiger partial charge in [-0.2, -0.15) is 0 Å². The average molecular weight is 434 g/mol. The van der Waals surface area contributed by atoms with Gasteiger partial charge in [-0.15, -0.1) is 11.8 Å². The summed E-state index contributed by atoms with van der Waals surface area (Å²) in [6, 6.07) is 17.8. The number of rotatable bonds is 6. The third kappa shape index (κ3) is 4.25. The highest BCUT2D eigenvalue weighted by Crippen LogP contribution is 2.34. The van der Waals surface area contributed by atoms with Crippen LogP contribution in [0.4, 0.5) is 5.13 Å². The second kappa shape index (κ2) is 8.98. The molecule has 0 aliphatic rings. The smallest absolute Gasteiger partial charge is 0.261 e. The summed E-state index contributed by atoms with van der Waals surface area (Å²) in [5.41, 5.74) is 4.82. The zero-order valence-corrected chi connectivity index (χ0v) is 18.9. The van der Waals surface area contributed by atoms with E-state index in [2.05, 4.69) is 37.9 Å². The van der Waals surface area contributed by atoms with E-state index in [0.717, 1.165) is 26.6 Å². The first-order valence-corrected chi connectivity index (χ1v) is 11.7. The van der Waals surface area contributed by atoms with Gasteiger partial charge in [0.05, 0.1) is 28.0 Å². The Hall–Kier alpha value is -2.70. The lowest BCUT2D eigenvalue weighted by Crippen LogP contribution is -2.31. The van der Waals surface area contributed by atoms with E-state index >= 15 is 0 Å². The summed E-state index contributed by atoms with van der Waals surface area (Å²) in [4.78, 5) is 25.8. The number of carbonyl (C=O) groups is 1. The van der Waals surface area contributed by atoms with Gasteiger partial charge < -0.3 is 0 Å². The van der Waals surface area contributed by atoms with E-state index in [-0.39, 0.29) is 5.91 Å². The van der Waals surface area contributed by atoms with Crippen molar-refractivity contribution in [3.05, 3.63) is 83.2 Å². The van der Waals surface area contributed by atoms with Crippen molar-refractivity contribution < 1.29 is 4.79 Å². The summed E-state index contributed by atoms with van der Waals surface area (Å²) >= 11 is 3.24. The number of fused-ring (bicyclic) bond motifs is 1. The SMILES string of the molecule is CCSc1ccccc1C(=O)N(Cc1ccccn1)c1nc2cc(C)cc(C)c2s1. The highest BCUT2D eigenvalue weighted by Gasteiger charge is 2.24. The Bertz CT molecular complexity index is 1190. The summed E-state index contributed by atoms with van der Waals surface area (Å²) in [6.45, 7) is 6.63. The Morgan fingerprint density at radius 1 is 1.10 bits per heavy atom. The molecule has 0 radical (unpaired) electrons. The molecule has 0 fully saturated rings. The molecule has 2 heterocycles. The monoisotopic (exact) mass is 433 g/mol. The van der Waals surface area contributed by atoms with Gasteiger partial charge in [0.25, 0.3) is 5.91 Å². The fourth-order valence-electron chi connectivity index (χ4n) is 3.43. The molecule has 0 saturated heterocycles. The van der Waals surface area contributed by atoms with Crippen LogP contribution in [-0.2, 0) is 6.54 Å². The zero-order chi connectivity index (χ0) is 21.1. The molecule has 0 saturated carbocycles. The van der Waals surface area contributed by atoms with Crippen molar-refractivity contribution in [3.63, 3.8) is 0 Å². The van der Waals surface area contributed by atoms with E-state index in [4.69, 9.17) is 4.98 Å². The van der Waals surface area contributed by atoms with Crippen LogP contribution in [-0.4, -0.2) is 21.6 Å². The number of nitrogens with zero attached hydrogens (tertiary/aromatic N) is 3. The third-order valence-electron chi connectivity index (χ3n) is 4.75. The highest BCUT2D eigenvalue weighted by atomic mass is 32.2. The topological polar surface area (TPSA) is 46.1 Å². The molecule has 0 aliphatic heterocycles. The molecule has 0 aliphatic carbocycles. The Labute approximate surface area is 185 Å². The first kappa shape index (κ1) is 20.6. The van der Waals surface area contributed by atoms with E-state index in [1.54, 1.807) is 34.2 Å². The fourth-order valence-corrected chi connectivity index (χ4v) is 5.24. The molecule has 6 heteroatoms. The molecule has 0 unspecified atom stereocenters. The minimum absolute atomic E-state index is 0.0503. The van der Waals surface area contributed by atoms with Crippen molar-refractivity contribution in [1.82, 2.24) is 9.97 Å². The van der Waals surface area contributed by atoms with Crippen molar-refractivity contribution in [2.24, 2.45) is 0 Å². The Balaban J connectivity index is 1.81. The van der Waals surface area contributed by atoms with E-state index in [0.29, 0.717) is 17.2 Å². The van der Waals surface area contributed by atoms with Crippen LogP contribution < -0.4 is 4.90 Å². The van der Waals surface area contributed by atoms with Gasteiger partial charge in [0.1, 0.15) is 0 Å². The van der Waals surface area contributed by atoms with E-state index < -0.39 is 0 Å². The molecule has 152 valence electrons. The maximum atomic E-state index is 13.7. The maximum Gasteiger partial charge on any atom is 0.261 e. The van der Waals surface area contributed by atoms with Crippen molar-refractivity contribution >= 4 is 44.4 Å². The van der Waals surface area contributed by atoms with Gasteiger partial charge in [-0.05, 0) is 61.1 Å². The number of benzene rings is 2. The Kier molecular flexibility index (Phi) is 6.16. The molecule has 4 aromatic rings. The van der Waals surface area contributed by atoms with Gasteiger partial charge in [0.2, 0.25) is 0 Å². The van der Waals surface area contributed by atoms with Gasteiger partial charge in [-0.25, -0.2) is 4.98 Å². The molecule has 2 aromatic heterocycles. The van der Waals surface area contributed by atoms with E-state index in [1.807, 2.05) is 42.5 Å². The quantitative estimate of drug-likeness (QED) is 0.336. The first-order chi connectivity index (χ1) is 14.6. The number of thioether (sulfide) groups is 1. The third-order valence-corrected chi connectivity index (χ3v) is 6.93. The van der Waals surface area contributed by atoms with Crippen LogP contribution in [0.5, 0.6) is 0 Å². The lowest BCUT2D eigenvalue weighted by molar-refractivity contribution is 0.0982. The molecule has 2 aromatic carbocycles. The number of amides is 1. The standard InChI is InChI=1S/C24H23N3OS2/c1-4-29-21-11-6-5-10-19(21)23(28)27(15-18-9-7-8-12-25-18)24-26-20-14-16(2)13-17(3)22(20)30-24/h5-14H,4,15H2,1-3H3. The van der Waals surface area contributed by atoms with E-state index in [1.165, 1.54) is 11.1 Å². The van der Waals surface area contributed by atoms with Crippen LogP contribution in [0.25, 0.3) is 10.2 Å². The number of pyridine rings is 1. The maximum absolute atomic E-state index is 13.7. The van der Waals surface area contributed by atoms with Gasteiger partial charge in [0.15, 0.2) is 5.13 Å². The van der Waals surface area contributed by atoms with E-state index in [9.17, 15) is 4.79 Å². The molecule has 0 N–H and O–H groups in total. The molecular formula is C24H23N3OS2. The number of aromatic nitrogens is 2. The molecule has 30 heavy (non-hydrogen) atoms. The lowest BCUT2D eigenvalue weighted by atomic mass is 10.1. The van der Waals surface area contributed by atoms with Crippen molar-refractivity contribution in [1.29, 1.82) is 0 Å². The second-order valence-corrected chi connectivity index (χ2v) is 9.35. The highest BCUT2D eigenvalue weighted by molar-refractivity contribution is 7.99. The molecular weight excluding hydrogens is 410 g/mol. The molecule has 1 amide bonds. The van der Waals surface area contributed by atoms with Crippen LogP contribution in [0.1, 0.15) is 34.1 Å². The minimum atomic E-state index is -0.0503. The van der Waals surface area contributed by atoms with Crippen LogP contribution in [0.2, 0.25) is 0 Å². The number of thiazole rings is 1. The minimum Gasteiger partial charge on any atom is -0.278 e. The zero-order valence-electron chi connectivity index (χ0n) is 17.3. The van der Waals surface area contributed by atoms with Crippen molar-refractivity contribution in [3.8, 4) is 0 Å². The first-order valence-electron chi connectivity index (χ1n) is 9.88. The second-order valence-electron chi connectivity index (χ2n) is 7.07. The van der Waals surface area contributed by atoms with Crippen LogP contribution in [0.3, 0.4) is 0 Å². The predicted octanol–water partition coefficient (Wildman–Crippen LogP) is 6.27. The van der Waals surface area contributed by atoms with Crippen molar-refractivity contribution in [2.45, 2.75) is 32.2 Å². The number of carbonyl (C=O) groups excluding carboxylic acids is 1.